The first-order chi connectivity index (χ1) is 12.0. The van der Waals surface area contributed by atoms with Gasteiger partial charge < -0.3 is 19.5 Å². The molecule has 1 N–H and O–H groups in total. The molecule has 0 aliphatic heterocycles. The van der Waals surface area contributed by atoms with Gasteiger partial charge in [0.1, 0.15) is 18.1 Å². The molecule has 1 heterocycles. The molecule has 0 saturated carbocycles. The molecule has 0 aliphatic carbocycles. The minimum Gasteiger partial charge on any atom is -0.484 e. The SMILES string of the molecule is CCC(C)N(CC(=O)Nc1cc(C)on1)C(=O)COc1ccccc1. The van der Waals surface area contributed by atoms with Gasteiger partial charge in [0, 0.05) is 12.1 Å². The monoisotopic (exact) mass is 345 g/mol. The fraction of sp³-hybridized carbons (Fsp3) is 0.389. The Labute approximate surface area is 146 Å². The summed E-state index contributed by atoms with van der Waals surface area (Å²) in [6.07, 6.45) is 0.730. The number of hydrogen-bond acceptors (Lipinski definition) is 5. The average Bonchev–Trinajstić information content (AvgIpc) is 3.02. The summed E-state index contributed by atoms with van der Waals surface area (Å²) >= 11 is 0. The lowest BCUT2D eigenvalue weighted by atomic mass is 10.2. The van der Waals surface area contributed by atoms with Gasteiger partial charge in [0.05, 0.1) is 0 Å². The number of nitrogens with zero attached hydrogens (tertiary/aromatic N) is 2. The molecule has 134 valence electrons. The number of carbonyl (C=O) groups is 2. The van der Waals surface area contributed by atoms with Crippen LogP contribution in [-0.2, 0) is 9.59 Å². The summed E-state index contributed by atoms with van der Waals surface area (Å²) in [5, 5.41) is 6.34. The largest absolute Gasteiger partial charge is 0.484 e. The maximum atomic E-state index is 12.5. The highest BCUT2D eigenvalue weighted by Gasteiger charge is 2.22. The predicted molar refractivity (Wildman–Crippen MR) is 93.3 cm³/mol. The topological polar surface area (TPSA) is 84.7 Å². The van der Waals surface area contributed by atoms with Crippen molar-refractivity contribution in [3.8, 4) is 5.75 Å². The van der Waals surface area contributed by atoms with Gasteiger partial charge in [0.2, 0.25) is 5.91 Å². The number of amides is 2. The second kappa shape index (κ2) is 8.86. The van der Waals surface area contributed by atoms with Crippen molar-refractivity contribution in [2.24, 2.45) is 0 Å². The number of aryl methyl sites for hydroxylation is 1. The molecule has 0 radical (unpaired) electrons. The van der Waals surface area contributed by atoms with E-state index in [-0.39, 0.29) is 31.0 Å². The van der Waals surface area contributed by atoms with Crippen molar-refractivity contribution in [2.75, 3.05) is 18.5 Å². The van der Waals surface area contributed by atoms with Crippen molar-refractivity contribution >= 4 is 17.6 Å². The number of carbonyl (C=O) groups excluding carboxylic acids is 2. The lowest BCUT2D eigenvalue weighted by molar-refractivity contribution is -0.138. The summed E-state index contributed by atoms with van der Waals surface area (Å²) in [6, 6.07) is 10.6. The molecule has 7 heteroatoms. The lowest BCUT2D eigenvalue weighted by Gasteiger charge is -2.27. The van der Waals surface area contributed by atoms with Crippen LogP contribution in [0.15, 0.2) is 40.9 Å². The Balaban J connectivity index is 1.94. The zero-order valence-corrected chi connectivity index (χ0v) is 14.7. The summed E-state index contributed by atoms with van der Waals surface area (Å²) in [4.78, 5) is 26.2. The van der Waals surface area contributed by atoms with Gasteiger partial charge in [-0.3, -0.25) is 9.59 Å². The Kier molecular flexibility index (Phi) is 6.56. The summed E-state index contributed by atoms with van der Waals surface area (Å²) in [6.45, 7) is 5.40. The van der Waals surface area contributed by atoms with E-state index >= 15 is 0 Å². The highest BCUT2D eigenvalue weighted by molar-refractivity contribution is 5.94. The molecule has 0 fully saturated rings. The Hall–Kier alpha value is -2.83. The van der Waals surface area contributed by atoms with E-state index in [0.29, 0.717) is 17.3 Å². The van der Waals surface area contributed by atoms with Crippen LogP contribution in [0, 0.1) is 6.92 Å². The summed E-state index contributed by atoms with van der Waals surface area (Å²) in [7, 11) is 0. The first kappa shape index (κ1) is 18.5. The van der Waals surface area contributed by atoms with Crippen LogP contribution in [0.4, 0.5) is 5.82 Å². The number of benzene rings is 1. The van der Waals surface area contributed by atoms with Gasteiger partial charge in [0.15, 0.2) is 12.4 Å². The molecule has 0 aliphatic rings. The summed E-state index contributed by atoms with van der Waals surface area (Å²) < 4.78 is 10.4. The highest BCUT2D eigenvalue weighted by atomic mass is 16.5. The van der Waals surface area contributed by atoms with Crippen LogP contribution in [0.5, 0.6) is 5.75 Å². The number of ether oxygens (including phenoxy) is 1. The van der Waals surface area contributed by atoms with Crippen molar-refractivity contribution in [1.82, 2.24) is 10.1 Å². The molecule has 1 atom stereocenters. The van der Waals surface area contributed by atoms with Crippen LogP contribution in [0.3, 0.4) is 0 Å². The minimum atomic E-state index is -0.332. The average molecular weight is 345 g/mol. The molecule has 2 amide bonds. The van der Waals surface area contributed by atoms with E-state index in [2.05, 4.69) is 10.5 Å². The first-order valence-corrected chi connectivity index (χ1v) is 8.20. The zero-order valence-electron chi connectivity index (χ0n) is 14.7. The van der Waals surface area contributed by atoms with Gasteiger partial charge in [-0.15, -0.1) is 0 Å². The minimum absolute atomic E-state index is 0.0715. The van der Waals surface area contributed by atoms with Crippen LogP contribution in [0.2, 0.25) is 0 Å². The normalized spacial score (nSPS) is 11.6. The van der Waals surface area contributed by atoms with Crippen molar-refractivity contribution in [2.45, 2.75) is 33.2 Å². The van der Waals surface area contributed by atoms with Crippen molar-refractivity contribution in [3.63, 3.8) is 0 Å². The van der Waals surface area contributed by atoms with Gasteiger partial charge in [-0.2, -0.15) is 0 Å². The van der Waals surface area contributed by atoms with Crippen LogP contribution in [-0.4, -0.2) is 41.1 Å². The van der Waals surface area contributed by atoms with Crippen LogP contribution in [0.1, 0.15) is 26.0 Å². The highest BCUT2D eigenvalue weighted by Crippen LogP contribution is 2.11. The molecular formula is C18H23N3O4. The van der Waals surface area contributed by atoms with Gasteiger partial charge >= 0.3 is 0 Å². The molecule has 0 saturated heterocycles. The van der Waals surface area contributed by atoms with Gasteiger partial charge in [-0.1, -0.05) is 30.3 Å². The molecule has 0 bridgehead atoms. The maximum Gasteiger partial charge on any atom is 0.261 e. The number of nitrogens with one attached hydrogen (secondary N) is 1. The second-order valence-electron chi connectivity index (χ2n) is 5.75. The van der Waals surface area contributed by atoms with E-state index in [0.717, 1.165) is 6.42 Å². The smallest absolute Gasteiger partial charge is 0.261 e. The zero-order chi connectivity index (χ0) is 18.2. The number of hydrogen-bond donors (Lipinski definition) is 1. The van der Waals surface area contributed by atoms with Gasteiger partial charge in [0.25, 0.3) is 5.91 Å². The number of anilines is 1. The third-order valence-corrected chi connectivity index (χ3v) is 3.76. The van der Waals surface area contributed by atoms with Crippen molar-refractivity contribution in [3.05, 3.63) is 42.2 Å². The van der Waals surface area contributed by atoms with Crippen molar-refractivity contribution < 1.29 is 18.8 Å². The van der Waals surface area contributed by atoms with Crippen LogP contribution >= 0.6 is 0 Å². The predicted octanol–water partition coefficient (Wildman–Crippen LogP) is 2.63. The Morgan fingerprint density at radius 1 is 1.32 bits per heavy atom. The van der Waals surface area contributed by atoms with E-state index in [1.165, 1.54) is 4.90 Å². The molecule has 1 aromatic carbocycles. The lowest BCUT2D eigenvalue weighted by Crippen LogP contribution is -2.45. The summed E-state index contributed by atoms with van der Waals surface area (Å²) in [5.41, 5.74) is 0. The fourth-order valence-corrected chi connectivity index (χ4v) is 2.22. The molecule has 0 spiro atoms. The first-order valence-electron chi connectivity index (χ1n) is 8.20. The molecule has 2 aromatic rings. The Morgan fingerprint density at radius 3 is 2.64 bits per heavy atom. The molecule has 2 rings (SSSR count). The molecule has 1 aromatic heterocycles. The number of rotatable bonds is 8. The van der Waals surface area contributed by atoms with E-state index < -0.39 is 0 Å². The van der Waals surface area contributed by atoms with E-state index in [1.54, 1.807) is 25.1 Å². The van der Waals surface area contributed by atoms with Crippen LogP contribution in [0.25, 0.3) is 0 Å². The van der Waals surface area contributed by atoms with E-state index in [1.807, 2.05) is 32.0 Å². The fourth-order valence-electron chi connectivity index (χ4n) is 2.22. The van der Waals surface area contributed by atoms with E-state index in [4.69, 9.17) is 9.26 Å². The molecule has 7 nitrogen and oxygen atoms in total. The van der Waals surface area contributed by atoms with Gasteiger partial charge in [-0.25, -0.2) is 0 Å². The molecule has 1 unspecified atom stereocenters. The summed E-state index contributed by atoms with van der Waals surface area (Å²) in [5.74, 6) is 0.967. The van der Waals surface area contributed by atoms with Crippen molar-refractivity contribution in [1.29, 1.82) is 0 Å². The molecular weight excluding hydrogens is 322 g/mol. The van der Waals surface area contributed by atoms with Crippen LogP contribution < -0.4 is 10.1 Å². The Bertz CT molecular complexity index is 699. The Morgan fingerprint density at radius 2 is 2.04 bits per heavy atom. The second-order valence-corrected chi connectivity index (χ2v) is 5.75. The van der Waals surface area contributed by atoms with E-state index in [9.17, 15) is 9.59 Å². The standard InChI is InChI=1S/C18H23N3O4/c1-4-13(2)21(11-17(22)19-16-10-14(3)25-20-16)18(23)12-24-15-8-6-5-7-9-15/h5-10,13H,4,11-12H2,1-3H3,(H,19,20,22). The number of aromatic nitrogens is 1. The third-order valence-electron chi connectivity index (χ3n) is 3.76. The van der Waals surface area contributed by atoms with Gasteiger partial charge in [-0.05, 0) is 32.4 Å². The quantitative estimate of drug-likeness (QED) is 0.795. The number of para-hydroxylation sites is 1. The molecule has 25 heavy (non-hydrogen) atoms. The maximum absolute atomic E-state index is 12.5. The third kappa shape index (κ3) is 5.63.